The first-order valence-electron chi connectivity index (χ1n) is 10.2. The summed E-state index contributed by atoms with van der Waals surface area (Å²) in [7, 11) is 1.79. The Morgan fingerprint density at radius 2 is 1.70 bits per heavy atom. The molecule has 146 valence electrons. The number of rotatable bonds is 5. The first-order chi connectivity index (χ1) is 12.8. The van der Waals surface area contributed by atoms with E-state index < -0.39 is 0 Å². The number of piperidine rings is 1. The molecule has 1 saturated heterocycles. The van der Waals surface area contributed by atoms with Gasteiger partial charge in [0.05, 0.1) is 7.11 Å². The lowest BCUT2D eigenvalue weighted by molar-refractivity contribution is 0.154. The number of hydrogen-bond acceptors (Lipinski definition) is 2. The molecule has 1 heterocycles. The van der Waals surface area contributed by atoms with Crippen molar-refractivity contribution >= 4 is 12.4 Å². The van der Waals surface area contributed by atoms with Crippen molar-refractivity contribution in [3.05, 3.63) is 65.2 Å². The molecule has 0 spiro atoms. The number of halogens is 1. The molecule has 1 unspecified atom stereocenters. The number of hydrogen-bond donors (Lipinski definition) is 0. The van der Waals surface area contributed by atoms with Gasteiger partial charge in [-0.25, -0.2) is 0 Å². The van der Waals surface area contributed by atoms with Crippen molar-refractivity contribution < 1.29 is 4.74 Å². The average Bonchev–Trinajstić information content (AvgIpc) is 2.69. The summed E-state index contributed by atoms with van der Waals surface area (Å²) < 4.78 is 5.55. The molecular weight excluding hydrogens is 354 g/mol. The summed E-state index contributed by atoms with van der Waals surface area (Å²) in [5, 5.41) is 0. The predicted octanol–water partition coefficient (Wildman–Crippen LogP) is 5.18. The Labute approximate surface area is 170 Å². The smallest absolute Gasteiger partial charge is 0.122 e. The fourth-order valence-electron chi connectivity index (χ4n) is 4.88. The van der Waals surface area contributed by atoms with Gasteiger partial charge in [0.25, 0.3) is 0 Å². The quantitative estimate of drug-likeness (QED) is 0.703. The lowest BCUT2D eigenvalue weighted by atomic mass is 9.82. The van der Waals surface area contributed by atoms with Crippen LogP contribution in [-0.2, 0) is 19.3 Å². The van der Waals surface area contributed by atoms with Gasteiger partial charge in [0, 0.05) is 6.54 Å². The van der Waals surface area contributed by atoms with Gasteiger partial charge in [0.1, 0.15) is 5.75 Å². The molecule has 0 radical (unpaired) electrons. The molecule has 2 aliphatic rings. The van der Waals surface area contributed by atoms with E-state index in [1.165, 1.54) is 74.8 Å². The lowest BCUT2D eigenvalue weighted by Gasteiger charge is -2.36. The zero-order valence-electron chi connectivity index (χ0n) is 16.4. The Hall–Kier alpha value is -1.51. The fraction of sp³-hybridized carbons (Fsp3) is 0.500. The van der Waals surface area contributed by atoms with Crippen LogP contribution in [0.4, 0.5) is 0 Å². The lowest BCUT2D eigenvalue weighted by Crippen LogP contribution is -2.38. The van der Waals surface area contributed by atoms with Crippen molar-refractivity contribution in [2.75, 3.05) is 26.7 Å². The first-order valence-corrected chi connectivity index (χ1v) is 10.2. The molecule has 1 atom stereocenters. The van der Waals surface area contributed by atoms with Gasteiger partial charge >= 0.3 is 0 Å². The van der Waals surface area contributed by atoms with Gasteiger partial charge in [0.15, 0.2) is 0 Å². The van der Waals surface area contributed by atoms with Crippen molar-refractivity contribution in [1.82, 2.24) is 4.90 Å². The number of fused-ring (bicyclic) bond motifs is 1. The van der Waals surface area contributed by atoms with E-state index in [1.807, 2.05) is 0 Å². The predicted molar refractivity (Wildman–Crippen MR) is 115 cm³/mol. The van der Waals surface area contributed by atoms with E-state index in [2.05, 4.69) is 53.4 Å². The van der Waals surface area contributed by atoms with Gasteiger partial charge in [-0.05, 0) is 86.2 Å². The minimum Gasteiger partial charge on any atom is -0.496 e. The molecular formula is C24H32ClNO. The Bertz CT molecular complexity index is 710. The molecule has 2 aromatic carbocycles. The molecule has 0 amide bonds. The molecule has 1 aliphatic carbocycles. The molecule has 2 aromatic rings. The Morgan fingerprint density at radius 1 is 0.926 bits per heavy atom. The van der Waals surface area contributed by atoms with Gasteiger partial charge in [-0.15, -0.1) is 12.4 Å². The third kappa shape index (κ3) is 5.06. The first kappa shape index (κ1) is 20.2. The van der Waals surface area contributed by atoms with Crippen molar-refractivity contribution in [2.45, 2.75) is 38.5 Å². The molecule has 2 nitrogen and oxygen atoms in total. The molecule has 0 aromatic heterocycles. The number of likely N-dealkylation sites (tertiary alicyclic amines) is 1. The third-order valence-electron chi connectivity index (χ3n) is 6.35. The highest BCUT2D eigenvalue weighted by atomic mass is 35.5. The Morgan fingerprint density at radius 3 is 2.44 bits per heavy atom. The summed E-state index contributed by atoms with van der Waals surface area (Å²) >= 11 is 0. The van der Waals surface area contributed by atoms with E-state index in [1.54, 1.807) is 7.11 Å². The summed E-state index contributed by atoms with van der Waals surface area (Å²) in [5.74, 6) is 2.76. The minimum absolute atomic E-state index is 0. The van der Waals surface area contributed by atoms with Crippen LogP contribution in [0.5, 0.6) is 5.75 Å². The molecule has 0 N–H and O–H groups in total. The van der Waals surface area contributed by atoms with Crippen molar-refractivity contribution in [3.8, 4) is 5.75 Å². The summed E-state index contributed by atoms with van der Waals surface area (Å²) in [6, 6.07) is 17.6. The van der Waals surface area contributed by atoms with Gasteiger partial charge in [-0.3, -0.25) is 0 Å². The molecule has 1 fully saturated rings. The van der Waals surface area contributed by atoms with Gasteiger partial charge in [-0.2, -0.15) is 0 Å². The van der Waals surface area contributed by atoms with Crippen LogP contribution >= 0.6 is 12.4 Å². The number of benzene rings is 2. The minimum atomic E-state index is 0. The molecule has 1 aliphatic heterocycles. The standard InChI is InChI=1S/C24H31NO.ClH/c1-26-24-9-5-8-22-17-21(10-11-23(22)24)18-25-14-12-20(13-15-25)16-19-6-3-2-4-7-19;/h2-9,20-21H,10-18H2,1H3;1H. The maximum Gasteiger partial charge on any atom is 0.122 e. The maximum absolute atomic E-state index is 5.55. The second-order valence-electron chi connectivity index (χ2n) is 8.14. The molecule has 0 saturated carbocycles. The summed E-state index contributed by atoms with van der Waals surface area (Å²) in [4.78, 5) is 2.72. The van der Waals surface area contributed by atoms with Crippen LogP contribution in [-0.4, -0.2) is 31.6 Å². The zero-order chi connectivity index (χ0) is 17.8. The molecule has 27 heavy (non-hydrogen) atoms. The Balaban J connectivity index is 0.00000210. The largest absolute Gasteiger partial charge is 0.496 e. The number of methoxy groups -OCH3 is 1. The van der Waals surface area contributed by atoms with Crippen LogP contribution in [0, 0.1) is 11.8 Å². The van der Waals surface area contributed by atoms with E-state index in [-0.39, 0.29) is 12.4 Å². The van der Waals surface area contributed by atoms with Gasteiger partial charge in [-0.1, -0.05) is 42.5 Å². The molecule has 3 heteroatoms. The van der Waals surface area contributed by atoms with E-state index in [0.29, 0.717) is 0 Å². The van der Waals surface area contributed by atoms with Crippen LogP contribution in [0.25, 0.3) is 0 Å². The van der Waals surface area contributed by atoms with E-state index in [4.69, 9.17) is 4.74 Å². The Kier molecular flexibility index (Phi) is 7.20. The summed E-state index contributed by atoms with van der Waals surface area (Å²) in [6.07, 6.45) is 7.66. The molecule has 0 bridgehead atoms. The third-order valence-corrected chi connectivity index (χ3v) is 6.35. The summed E-state index contributed by atoms with van der Waals surface area (Å²) in [5.41, 5.74) is 4.47. The maximum atomic E-state index is 5.55. The monoisotopic (exact) mass is 385 g/mol. The highest BCUT2D eigenvalue weighted by Gasteiger charge is 2.25. The van der Waals surface area contributed by atoms with E-state index in [0.717, 1.165) is 17.6 Å². The van der Waals surface area contributed by atoms with Crippen LogP contribution in [0.2, 0.25) is 0 Å². The van der Waals surface area contributed by atoms with Crippen LogP contribution in [0.15, 0.2) is 48.5 Å². The fourth-order valence-corrected chi connectivity index (χ4v) is 4.88. The van der Waals surface area contributed by atoms with Crippen molar-refractivity contribution in [2.24, 2.45) is 11.8 Å². The zero-order valence-corrected chi connectivity index (χ0v) is 17.2. The average molecular weight is 386 g/mol. The summed E-state index contributed by atoms with van der Waals surface area (Å²) in [6.45, 7) is 3.83. The van der Waals surface area contributed by atoms with Gasteiger partial charge in [0.2, 0.25) is 0 Å². The second kappa shape index (κ2) is 9.61. The molecule has 4 rings (SSSR count). The highest BCUT2D eigenvalue weighted by Crippen LogP contribution is 2.33. The van der Waals surface area contributed by atoms with Gasteiger partial charge < -0.3 is 9.64 Å². The van der Waals surface area contributed by atoms with E-state index in [9.17, 15) is 0 Å². The van der Waals surface area contributed by atoms with Crippen LogP contribution in [0.1, 0.15) is 36.0 Å². The van der Waals surface area contributed by atoms with Crippen LogP contribution < -0.4 is 4.74 Å². The van der Waals surface area contributed by atoms with E-state index >= 15 is 0 Å². The number of nitrogens with zero attached hydrogens (tertiary/aromatic N) is 1. The normalized spacial score (nSPS) is 20.6. The second-order valence-corrected chi connectivity index (χ2v) is 8.14. The topological polar surface area (TPSA) is 12.5 Å². The van der Waals surface area contributed by atoms with Crippen molar-refractivity contribution in [3.63, 3.8) is 0 Å². The van der Waals surface area contributed by atoms with Crippen molar-refractivity contribution in [1.29, 1.82) is 0 Å². The SMILES string of the molecule is COc1cccc2c1CCC(CN1CCC(Cc3ccccc3)CC1)C2.Cl. The van der Waals surface area contributed by atoms with Crippen LogP contribution in [0.3, 0.4) is 0 Å². The highest BCUT2D eigenvalue weighted by molar-refractivity contribution is 5.85. The number of ether oxygens (including phenoxy) is 1.